The summed E-state index contributed by atoms with van der Waals surface area (Å²) < 4.78 is 0. The van der Waals surface area contributed by atoms with Crippen molar-refractivity contribution in [3.8, 4) is 0 Å². The molecule has 1 aromatic rings. The van der Waals surface area contributed by atoms with Crippen LogP contribution in [0, 0.1) is 19.8 Å². The maximum Gasteiger partial charge on any atom is 0.0300 e. The number of aryl methyl sites for hydroxylation is 2. The van der Waals surface area contributed by atoms with E-state index in [2.05, 4.69) is 30.5 Å². The molecule has 2 heterocycles. The van der Waals surface area contributed by atoms with E-state index in [-0.39, 0.29) is 0 Å². The van der Waals surface area contributed by atoms with Crippen molar-refractivity contribution in [1.82, 2.24) is 10.6 Å². The molecule has 2 rings (SSSR count). The van der Waals surface area contributed by atoms with Crippen LogP contribution in [0.2, 0.25) is 0 Å². The summed E-state index contributed by atoms with van der Waals surface area (Å²) in [4.78, 5) is 2.93. The molecule has 0 radical (unpaired) electrons. The molecule has 0 bridgehead atoms. The number of rotatable bonds is 4. The monoisotopic (exact) mass is 238 g/mol. The van der Waals surface area contributed by atoms with Gasteiger partial charge in [-0.05, 0) is 63.9 Å². The maximum absolute atomic E-state index is 3.59. The van der Waals surface area contributed by atoms with Gasteiger partial charge in [-0.1, -0.05) is 0 Å². The molecule has 90 valence electrons. The summed E-state index contributed by atoms with van der Waals surface area (Å²) in [5.74, 6) is 0.878. The lowest BCUT2D eigenvalue weighted by Gasteiger charge is -2.22. The SMILES string of the molecule is Cc1cc(CNCC2CCNCC2)sc1C. The fourth-order valence-corrected chi connectivity index (χ4v) is 3.25. The number of hydrogen-bond acceptors (Lipinski definition) is 3. The zero-order chi connectivity index (χ0) is 11.4. The first kappa shape index (κ1) is 12.1. The molecule has 2 N–H and O–H groups in total. The molecule has 3 heteroatoms. The van der Waals surface area contributed by atoms with Crippen LogP contribution in [0.4, 0.5) is 0 Å². The number of nitrogens with one attached hydrogen (secondary N) is 2. The lowest BCUT2D eigenvalue weighted by Crippen LogP contribution is -2.33. The average Bonchev–Trinajstić information content (AvgIpc) is 2.60. The molecule has 16 heavy (non-hydrogen) atoms. The summed E-state index contributed by atoms with van der Waals surface area (Å²) in [6, 6.07) is 2.31. The predicted molar refractivity (Wildman–Crippen MR) is 71.1 cm³/mol. The third-order valence-electron chi connectivity index (χ3n) is 3.41. The summed E-state index contributed by atoms with van der Waals surface area (Å²) in [7, 11) is 0. The van der Waals surface area contributed by atoms with E-state index in [0.29, 0.717) is 0 Å². The molecule has 2 nitrogen and oxygen atoms in total. The second-order valence-corrected chi connectivity index (χ2v) is 6.12. The summed E-state index contributed by atoms with van der Waals surface area (Å²) in [5.41, 5.74) is 1.43. The van der Waals surface area contributed by atoms with Gasteiger partial charge in [-0.15, -0.1) is 11.3 Å². The minimum absolute atomic E-state index is 0.878. The molecule has 0 atom stereocenters. The van der Waals surface area contributed by atoms with Gasteiger partial charge in [0.25, 0.3) is 0 Å². The van der Waals surface area contributed by atoms with Crippen LogP contribution in [0.15, 0.2) is 6.07 Å². The first-order chi connectivity index (χ1) is 7.75. The first-order valence-corrected chi connectivity index (χ1v) is 7.04. The largest absolute Gasteiger partial charge is 0.317 e. The standard InChI is InChI=1S/C13H22N2S/c1-10-7-13(16-11(10)2)9-15-8-12-3-5-14-6-4-12/h7,12,14-15H,3-6,8-9H2,1-2H3. The number of piperidine rings is 1. The Bertz CT molecular complexity index is 307. The smallest absolute Gasteiger partial charge is 0.0300 e. The van der Waals surface area contributed by atoms with Crippen LogP contribution in [0.5, 0.6) is 0 Å². The van der Waals surface area contributed by atoms with Crippen LogP contribution in [0.1, 0.15) is 28.2 Å². The van der Waals surface area contributed by atoms with Crippen molar-refractivity contribution in [2.75, 3.05) is 19.6 Å². The van der Waals surface area contributed by atoms with E-state index in [9.17, 15) is 0 Å². The maximum atomic E-state index is 3.59. The fraction of sp³-hybridized carbons (Fsp3) is 0.692. The van der Waals surface area contributed by atoms with Gasteiger partial charge in [0.05, 0.1) is 0 Å². The van der Waals surface area contributed by atoms with Crippen molar-refractivity contribution in [2.45, 2.75) is 33.2 Å². The van der Waals surface area contributed by atoms with Gasteiger partial charge in [0.2, 0.25) is 0 Å². The molecule has 0 spiro atoms. The van der Waals surface area contributed by atoms with Crippen molar-refractivity contribution >= 4 is 11.3 Å². The summed E-state index contributed by atoms with van der Waals surface area (Å²) in [5, 5.41) is 7.00. The van der Waals surface area contributed by atoms with E-state index >= 15 is 0 Å². The Hall–Kier alpha value is -0.380. The minimum Gasteiger partial charge on any atom is -0.317 e. The van der Waals surface area contributed by atoms with Crippen molar-refractivity contribution in [3.63, 3.8) is 0 Å². The number of hydrogen-bond donors (Lipinski definition) is 2. The van der Waals surface area contributed by atoms with Gasteiger partial charge in [0, 0.05) is 16.3 Å². The van der Waals surface area contributed by atoms with Gasteiger partial charge in [-0.2, -0.15) is 0 Å². The van der Waals surface area contributed by atoms with Crippen molar-refractivity contribution in [3.05, 3.63) is 21.4 Å². The highest BCUT2D eigenvalue weighted by Gasteiger charge is 2.12. The van der Waals surface area contributed by atoms with E-state index in [4.69, 9.17) is 0 Å². The van der Waals surface area contributed by atoms with Crippen LogP contribution in [0.25, 0.3) is 0 Å². The first-order valence-electron chi connectivity index (χ1n) is 6.23. The molecule has 1 aromatic heterocycles. The number of thiophene rings is 1. The van der Waals surface area contributed by atoms with E-state index in [1.807, 2.05) is 11.3 Å². The van der Waals surface area contributed by atoms with Crippen molar-refractivity contribution in [2.24, 2.45) is 5.92 Å². The van der Waals surface area contributed by atoms with E-state index in [1.165, 1.54) is 47.8 Å². The molecular formula is C13H22N2S. The highest BCUT2D eigenvalue weighted by molar-refractivity contribution is 7.12. The molecular weight excluding hydrogens is 216 g/mol. The Morgan fingerprint density at radius 2 is 2.12 bits per heavy atom. The Kier molecular flexibility index (Phi) is 4.38. The summed E-state index contributed by atoms with van der Waals surface area (Å²) in [6.45, 7) is 9.02. The second-order valence-electron chi connectivity index (χ2n) is 4.78. The third kappa shape index (κ3) is 3.30. The fourth-order valence-electron chi connectivity index (χ4n) is 2.22. The summed E-state index contributed by atoms with van der Waals surface area (Å²) >= 11 is 1.93. The molecule has 1 fully saturated rings. The average molecular weight is 238 g/mol. The van der Waals surface area contributed by atoms with Crippen molar-refractivity contribution in [1.29, 1.82) is 0 Å². The van der Waals surface area contributed by atoms with Gasteiger partial charge in [-0.3, -0.25) is 0 Å². The zero-order valence-corrected chi connectivity index (χ0v) is 11.1. The van der Waals surface area contributed by atoms with E-state index in [1.54, 1.807) is 0 Å². The minimum atomic E-state index is 0.878. The van der Waals surface area contributed by atoms with Gasteiger partial charge in [0.15, 0.2) is 0 Å². The van der Waals surface area contributed by atoms with Gasteiger partial charge >= 0.3 is 0 Å². The summed E-state index contributed by atoms with van der Waals surface area (Å²) in [6.07, 6.45) is 2.66. The normalized spacial score (nSPS) is 17.9. The van der Waals surface area contributed by atoms with Gasteiger partial charge < -0.3 is 10.6 Å². The van der Waals surface area contributed by atoms with Crippen LogP contribution >= 0.6 is 11.3 Å². The van der Waals surface area contributed by atoms with Crippen molar-refractivity contribution < 1.29 is 0 Å². The predicted octanol–water partition coefficient (Wildman–Crippen LogP) is 2.45. The lowest BCUT2D eigenvalue weighted by atomic mass is 9.98. The molecule has 1 aliphatic rings. The topological polar surface area (TPSA) is 24.1 Å². The van der Waals surface area contributed by atoms with Crippen LogP contribution < -0.4 is 10.6 Å². The second kappa shape index (κ2) is 5.80. The third-order valence-corrected chi connectivity index (χ3v) is 4.56. The Morgan fingerprint density at radius 1 is 1.38 bits per heavy atom. The van der Waals surface area contributed by atoms with Crippen LogP contribution in [-0.2, 0) is 6.54 Å². The lowest BCUT2D eigenvalue weighted by molar-refractivity contribution is 0.357. The Labute approximate surface area is 102 Å². The van der Waals surface area contributed by atoms with E-state index < -0.39 is 0 Å². The Balaban J connectivity index is 1.71. The van der Waals surface area contributed by atoms with Gasteiger partial charge in [-0.25, -0.2) is 0 Å². The molecule has 0 aliphatic carbocycles. The highest BCUT2D eigenvalue weighted by Crippen LogP contribution is 2.20. The quantitative estimate of drug-likeness (QED) is 0.842. The molecule has 0 unspecified atom stereocenters. The molecule has 1 aliphatic heterocycles. The van der Waals surface area contributed by atoms with E-state index in [0.717, 1.165) is 12.5 Å². The van der Waals surface area contributed by atoms with Crippen LogP contribution in [0.3, 0.4) is 0 Å². The molecule has 0 aromatic carbocycles. The van der Waals surface area contributed by atoms with Gasteiger partial charge in [0.1, 0.15) is 0 Å². The van der Waals surface area contributed by atoms with Crippen LogP contribution in [-0.4, -0.2) is 19.6 Å². The highest BCUT2D eigenvalue weighted by atomic mass is 32.1. The zero-order valence-electron chi connectivity index (χ0n) is 10.3. The molecule has 0 saturated carbocycles. The molecule has 0 amide bonds. The Morgan fingerprint density at radius 3 is 2.75 bits per heavy atom. The molecule has 1 saturated heterocycles.